The molecule has 0 aliphatic carbocycles. The molecule has 0 aliphatic heterocycles. The highest BCUT2D eigenvalue weighted by Gasteiger charge is 2.11. The highest BCUT2D eigenvalue weighted by molar-refractivity contribution is 9.10. The molecular formula is C18H20Br2. The van der Waals surface area contributed by atoms with Crippen molar-refractivity contribution < 1.29 is 0 Å². The van der Waals surface area contributed by atoms with Crippen molar-refractivity contribution in [2.75, 3.05) is 0 Å². The summed E-state index contributed by atoms with van der Waals surface area (Å²) in [7, 11) is 0. The first-order valence-electron chi connectivity index (χ1n) is 7.10. The van der Waals surface area contributed by atoms with Gasteiger partial charge in [-0.05, 0) is 48.1 Å². The lowest BCUT2D eigenvalue weighted by atomic mass is 10.0. The Labute approximate surface area is 138 Å². The number of hydrogen-bond donors (Lipinski definition) is 0. The third-order valence-electron chi connectivity index (χ3n) is 3.57. The number of benzene rings is 2. The summed E-state index contributed by atoms with van der Waals surface area (Å²) in [6.07, 6.45) is 3.70. The van der Waals surface area contributed by atoms with Crippen molar-refractivity contribution in [2.45, 2.75) is 37.9 Å². The standard InChI is InChI=1S/C18H20Br2/c1-3-4-5-14-6-8-15(9-7-14)18(20)16-10-11-17(19)13(2)12-16/h6-12,18H,3-5H2,1-2H3. The Balaban J connectivity index is 2.15. The van der Waals surface area contributed by atoms with Crippen LogP contribution in [-0.2, 0) is 6.42 Å². The third kappa shape index (κ3) is 3.95. The number of hydrogen-bond acceptors (Lipinski definition) is 0. The van der Waals surface area contributed by atoms with E-state index >= 15 is 0 Å². The predicted molar refractivity (Wildman–Crippen MR) is 94.7 cm³/mol. The summed E-state index contributed by atoms with van der Waals surface area (Å²) in [4.78, 5) is 0.259. The van der Waals surface area contributed by atoms with E-state index in [0.717, 1.165) is 4.47 Å². The maximum Gasteiger partial charge on any atom is 0.0644 e. The molecule has 0 fully saturated rings. The summed E-state index contributed by atoms with van der Waals surface area (Å²) >= 11 is 7.37. The molecule has 0 radical (unpaired) electrons. The van der Waals surface area contributed by atoms with E-state index in [1.165, 1.54) is 41.5 Å². The van der Waals surface area contributed by atoms with Crippen molar-refractivity contribution in [3.63, 3.8) is 0 Å². The van der Waals surface area contributed by atoms with Crippen molar-refractivity contribution >= 4 is 31.9 Å². The SMILES string of the molecule is CCCCc1ccc(C(Br)c2ccc(Br)c(C)c2)cc1. The molecule has 0 aliphatic rings. The van der Waals surface area contributed by atoms with Gasteiger partial charge in [0, 0.05) is 4.47 Å². The molecule has 0 amide bonds. The summed E-state index contributed by atoms with van der Waals surface area (Å²) in [6, 6.07) is 15.5. The van der Waals surface area contributed by atoms with Gasteiger partial charge in [-0.2, -0.15) is 0 Å². The number of rotatable bonds is 5. The first kappa shape index (κ1) is 15.8. The second kappa shape index (κ2) is 7.42. The summed E-state index contributed by atoms with van der Waals surface area (Å²) in [5.41, 5.74) is 5.31. The molecule has 0 spiro atoms. The Bertz CT molecular complexity index is 558. The van der Waals surface area contributed by atoms with Crippen LogP contribution in [0.15, 0.2) is 46.9 Å². The van der Waals surface area contributed by atoms with Crippen LogP contribution in [0.2, 0.25) is 0 Å². The highest BCUT2D eigenvalue weighted by Crippen LogP contribution is 2.32. The molecule has 0 bridgehead atoms. The average molecular weight is 396 g/mol. The van der Waals surface area contributed by atoms with Crippen LogP contribution in [0, 0.1) is 6.92 Å². The lowest BCUT2D eigenvalue weighted by Gasteiger charge is -2.13. The maximum absolute atomic E-state index is 3.81. The van der Waals surface area contributed by atoms with Crippen LogP contribution < -0.4 is 0 Å². The zero-order chi connectivity index (χ0) is 14.5. The normalized spacial score (nSPS) is 12.4. The minimum absolute atomic E-state index is 0.259. The molecule has 2 rings (SSSR count). The van der Waals surface area contributed by atoms with Crippen molar-refractivity contribution in [2.24, 2.45) is 0 Å². The first-order valence-corrected chi connectivity index (χ1v) is 8.81. The van der Waals surface area contributed by atoms with Gasteiger partial charge in [0.05, 0.1) is 4.83 Å². The summed E-state index contributed by atoms with van der Waals surface area (Å²) < 4.78 is 1.16. The van der Waals surface area contributed by atoms with Crippen LogP contribution in [0.25, 0.3) is 0 Å². The van der Waals surface area contributed by atoms with E-state index < -0.39 is 0 Å². The van der Waals surface area contributed by atoms with Gasteiger partial charge in [-0.1, -0.05) is 81.6 Å². The van der Waals surface area contributed by atoms with Gasteiger partial charge in [0.25, 0.3) is 0 Å². The minimum atomic E-state index is 0.259. The summed E-state index contributed by atoms with van der Waals surface area (Å²) in [5.74, 6) is 0. The number of unbranched alkanes of at least 4 members (excludes halogenated alkanes) is 1. The molecule has 2 heteroatoms. The molecule has 0 heterocycles. The fraction of sp³-hybridized carbons (Fsp3) is 0.333. The topological polar surface area (TPSA) is 0 Å². The maximum atomic E-state index is 3.81. The number of alkyl halides is 1. The molecule has 0 saturated heterocycles. The van der Waals surface area contributed by atoms with E-state index in [2.05, 4.69) is 88.2 Å². The Morgan fingerprint density at radius 1 is 1.00 bits per heavy atom. The molecule has 106 valence electrons. The van der Waals surface area contributed by atoms with Crippen LogP contribution in [-0.4, -0.2) is 0 Å². The number of aryl methyl sites for hydroxylation is 2. The van der Waals surface area contributed by atoms with Crippen molar-refractivity contribution in [1.29, 1.82) is 0 Å². The second-order valence-electron chi connectivity index (χ2n) is 5.22. The molecule has 2 aromatic carbocycles. The zero-order valence-corrected chi connectivity index (χ0v) is 15.2. The second-order valence-corrected chi connectivity index (χ2v) is 6.99. The molecule has 1 unspecified atom stereocenters. The Hall–Kier alpha value is -0.600. The summed E-state index contributed by atoms with van der Waals surface area (Å²) in [5, 5.41) is 0. The minimum Gasteiger partial charge on any atom is -0.0786 e. The van der Waals surface area contributed by atoms with E-state index in [4.69, 9.17) is 0 Å². The van der Waals surface area contributed by atoms with E-state index in [1.54, 1.807) is 0 Å². The van der Waals surface area contributed by atoms with Gasteiger partial charge in [-0.25, -0.2) is 0 Å². The monoisotopic (exact) mass is 394 g/mol. The van der Waals surface area contributed by atoms with Gasteiger partial charge in [0.15, 0.2) is 0 Å². The van der Waals surface area contributed by atoms with Crippen molar-refractivity contribution in [3.05, 3.63) is 69.2 Å². The van der Waals surface area contributed by atoms with E-state index in [0.29, 0.717) is 0 Å². The highest BCUT2D eigenvalue weighted by atomic mass is 79.9. The largest absolute Gasteiger partial charge is 0.0786 e. The van der Waals surface area contributed by atoms with Crippen LogP contribution in [0.3, 0.4) is 0 Å². The lowest BCUT2D eigenvalue weighted by Crippen LogP contribution is -1.94. The average Bonchev–Trinajstić information content (AvgIpc) is 2.48. The van der Waals surface area contributed by atoms with Crippen molar-refractivity contribution in [3.8, 4) is 0 Å². The molecule has 0 saturated carbocycles. The molecule has 0 nitrogen and oxygen atoms in total. The van der Waals surface area contributed by atoms with Crippen LogP contribution in [0.4, 0.5) is 0 Å². The van der Waals surface area contributed by atoms with Gasteiger partial charge in [-0.15, -0.1) is 0 Å². The molecular weight excluding hydrogens is 376 g/mol. The Morgan fingerprint density at radius 2 is 1.65 bits per heavy atom. The molecule has 2 aromatic rings. The third-order valence-corrected chi connectivity index (χ3v) is 5.51. The van der Waals surface area contributed by atoms with Gasteiger partial charge < -0.3 is 0 Å². The van der Waals surface area contributed by atoms with Gasteiger partial charge in [0.1, 0.15) is 0 Å². The first-order chi connectivity index (χ1) is 9.61. The van der Waals surface area contributed by atoms with Crippen LogP contribution in [0.1, 0.15) is 46.8 Å². The number of halogens is 2. The van der Waals surface area contributed by atoms with E-state index in [-0.39, 0.29) is 4.83 Å². The fourth-order valence-electron chi connectivity index (χ4n) is 2.25. The van der Waals surface area contributed by atoms with Crippen molar-refractivity contribution in [1.82, 2.24) is 0 Å². The van der Waals surface area contributed by atoms with E-state index in [1.807, 2.05) is 0 Å². The zero-order valence-electron chi connectivity index (χ0n) is 12.0. The molecule has 0 N–H and O–H groups in total. The fourth-order valence-corrected chi connectivity index (χ4v) is 3.09. The molecule has 20 heavy (non-hydrogen) atoms. The lowest BCUT2D eigenvalue weighted by molar-refractivity contribution is 0.795. The Kier molecular flexibility index (Phi) is 5.86. The van der Waals surface area contributed by atoms with Crippen LogP contribution in [0.5, 0.6) is 0 Å². The molecule has 1 atom stereocenters. The molecule has 0 aromatic heterocycles. The van der Waals surface area contributed by atoms with E-state index in [9.17, 15) is 0 Å². The van der Waals surface area contributed by atoms with Gasteiger partial charge >= 0.3 is 0 Å². The quantitative estimate of drug-likeness (QED) is 0.501. The smallest absolute Gasteiger partial charge is 0.0644 e. The Morgan fingerprint density at radius 3 is 2.25 bits per heavy atom. The summed E-state index contributed by atoms with van der Waals surface area (Å²) in [6.45, 7) is 4.36. The van der Waals surface area contributed by atoms with Gasteiger partial charge in [0.2, 0.25) is 0 Å². The predicted octanol–water partition coefficient (Wildman–Crippen LogP) is 6.58. The van der Waals surface area contributed by atoms with Gasteiger partial charge in [-0.3, -0.25) is 0 Å². The van der Waals surface area contributed by atoms with Crippen LogP contribution >= 0.6 is 31.9 Å².